The van der Waals surface area contributed by atoms with E-state index in [9.17, 15) is 18.0 Å². The molecule has 0 bridgehead atoms. The van der Waals surface area contributed by atoms with Crippen LogP contribution in [0.1, 0.15) is 43.4 Å². The van der Waals surface area contributed by atoms with Crippen molar-refractivity contribution in [3.8, 4) is 0 Å². The maximum Gasteiger partial charge on any atom is 0.244 e. The summed E-state index contributed by atoms with van der Waals surface area (Å²) in [5.41, 5.74) is 2.90. The van der Waals surface area contributed by atoms with Crippen LogP contribution < -0.4 is 9.62 Å². The smallest absolute Gasteiger partial charge is 0.244 e. The van der Waals surface area contributed by atoms with Gasteiger partial charge in [0.2, 0.25) is 21.8 Å². The number of carbonyl (C=O) groups is 2. The number of nitrogens with zero attached hydrogens (tertiary/aromatic N) is 2. The van der Waals surface area contributed by atoms with Gasteiger partial charge in [-0.05, 0) is 56.0 Å². The van der Waals surface area contributed by atoms with Crippen molar-refractivity contribution in [3.05, 3.63) is 64.2 Å². The van der Waals surface area contributed by atoms with Crippen molar-refractivity contribution in [2.45, 2.75) is 53.1 Å². The van der Waals surface area contributed by atoms with E-state index in [2.05, 4.69) is 5.32 Å². The maximum atomic E-state index is 13.6. The molecule has 0 saturated carbocycles. The molecular weight excluding hydrogens is 474 g/mol. The lowest BCUT2D eigenvalue weighted by Gasteiger charge is -2.33. The van der Waals surface area contributed by atoms with Gasteiger partial charge in [-0.2, -0.15) is 0 Å². The van der Waals surface area contributed by atoms with Crippen LogP contribution in [0.2, 0.25) is 5.02 Å². The molecule has 0 aromatic heterocycles. The van der Waals surface area contributed by atoms with E-state index in [1.165, 1.54) is 4.90 Å². The summed E-state index contributed by atoms with van der Waals surface area (Å²) in [7, 11) is -3.79. The maximum absolute atomic E-state index is 13.6. The van der Waals surface area contributed by atoms with Gasteiger partial charge in [-0.15, -0.1) is 0 Å². The average molecular weight is 508 g/mol. The summed E-state index contributed by atoms with van der Waals surface area (Å²) in [4.78, 5) is 28.0. The van der Waals surface area contributed by atoms with Crippen molar-refractivity contribution in [1.29, 1.82) is 0 Å². The molecule has 0 aliphatic heterocycles. The lowest BCUT2D eigenvalue weighted by atomic mass is 10.1. The molecule has 0 heterocycles. The molecule has 0 radical (unpaired) electrons. The molecule has 0 spiro atoms. The predicted octanol–water partition coefficient (Wildman–Crippen LogP) is 4.06. The summed E-state index contributed by atoms with van der Waals surface area (Å²) in [6, 6.07) is 11.8. The first-order chi connectivity index (χ1) is 16.0. The highest BCUT2D eigenvalue weighted by Gasteiger charge is 2.32. The van der Waals surface area contributed by atoms with Gasteiger partial charge in [0, 0.05) is 18.1 Å². The zero-order valence-corrected chi connectivity index (χ0v) is 22.0. The largest absolute Gasteiger partial charge is 0.354 e. The van der Waals surface area contributed by atoms with Crippen molar-refractivity contribution in [3.63, 3.8) is 0 Å². The quantitative estimate of drug-likeness (QED) is 0.497. The average Bonchev–Trinajstić information content (AvgIpc) is 2.75. The van der Waals surface area contributed by atoms with Gasteiger partial charge in [-0.25, -0.2) is 8.42 Å². The zero-order valence-electron chi connectivity index (χ0n) is 20.5. The number of hydrogen-bond donors (Lipinski definition) is 1. The van der Waals surface area contributed by atoms with Crippen LogP contribution in [-0.4, -0.2) is 50.5 Å². The minimum absolute atomic E-state index is 0.190. The van der Waals surface area contributed by atoms with Crippen LogP contribution in [0.4, 0.5) is 5.69 Å². The Morgan fingerprint density at radius 3 is 2.35 bits per heavy atom. The van der Waals surface area contributed by atoms with E-state index in [-0.39, 0.29) is 12.5 Å². The molecule has 0 unspecified atom stereocenters. The molecule has 2 amide bonds. The summed E-state index contributed by atoms with van der Waals surface area (Å²) in [5.74, 6) is -0.710. The van der Waals surface area contributed by atoms with Crippen LogP contribution in [-0.2, 0) is 26.2 Å². The third-order valence-electron chi connectivity index (χ3n) is 5.48. The van der Waals surface area contributed by atoms with Crippen LogP contribution in [0, 0.1) is 13.8 Å². The first-order valence-electron chi connectivity index (χ1n) is 11.3. The van der Waals surface area contributed by atoms with Crippen LogP contribution in [0.3, 0.4) is 0 Å². The number of anilines is 1. The Morgan fingerprint density at radius 2 is 1.79 bits per heavy atom. The second-order valence-corrected chi connectivity index (χ2v) is 10.8. The van der Waals surface area contributed by atoms with Crippen LogP contribution >= 0.6 is 11.6 Å². The van der Waals surface area contributed by atoms with E-state index in [4.69, 9.17) is 11.6 Å². The van der Waals surface area contributed by atoms with Gasteiger partial charge in [0.05, 0.1) is 11.9 Å². The van der Waals surface area contributed by atoms with E-state index in [0.717, 1.165) is 28.1 Å². The second kappa shape index (κ2) is 12.2. The van der Waals surface area contributed by atoms with E-state index in [1.807, 2.05) is 45.0 Å². The summed E-state index contributed by atoms with van der Waals surface area (Å²) in [5, 5.41) is 3.34. The Labute approximate surface area is 208 Å². The highest BCUT2D eigenvalue weighted by Crippen LogP contribution is 2.26. The molecule has 34 heavy (non-hydrogen) atoms. The number of hydrogen-bond acceptors (Lipinski definition) is 4. The molecule has 7 nitrogen and oxygen atoms in total. The summed E-state index contributed by atoms with van der Waals surface area (Å²) >= 11 is 6.04. The Morgan fingerprint density at radius 1 is 1.09 bits per heavy atom. The SMILES string of the molecule is CCCNC(=O)[C@H](CC)N(Cc1cccc(C)c1)C(=O)CN(c1ccc(Cl)cc1C)S(C)(=O)=O. The number of carbonyl (C=O) groups excluding carboxylic acids is 2. The third-order valence-corrected chi connectivity index (χ3v) is 6.84. The normalized spacial score (nSPS) is 12.2. The molecule has 0 saturated heterocycles. The Bertz CT molecular complexity index is 1120. The zero-order chi connectivity index (χ0) is 25.5. The van der Waals surface area contributed by atoms with Gasteiger partial charge in [0.25, 0.3) is 0 Å². The molecule has 2 aromatic rings. The van der Waals surface area contributed by atoms with Crippen molar-refractivity contribution in [2.24, 2.45) is 0 Å². The molecule has 0 aliphatic carbocycles. The number of benzene rings is 2. The number of amides is 2. The van der Waals surface area contributed by atoms with E-state index in [1.54, 1.807) is 25.1 Å². The van der Waals surface area contributed by atoms with Crippen molar-refractivity contribution < 1.29 is 18.0 Å². The Hall–Kier alpha value is -2.58. The van der Waals surface area contributed by atoms with Gasteiger partial charge in [-0.1, -0.05) is 55.3 Å². The molecule has 2 rings (SSSR count). The van der Waals surface area contributed by atoms with Gasteiger partial charge in [-0.3, -0.25) is 13.9 Å². The number of aryl methyl sites for hydroxylation is 2. The third kappa shape index (κ3) is 7.46. The fourth-order valence-corrected chi connectivity index (χ4v) is 4.92. The molecular formula is C25H34ClN3O4S. The first-order valence-corrected chi connectivity index (χ1v) is 13.6. The topological polar surface area (TPSA) is 86.8 Å². The highest BCUT2D eigenvalue weighted by molar-refractivity contribution is 7.92. The van der Waals surface area contributed by atoms with Crippen LogP contribution in [0.25, 0.3) is 0 Å². The number of nitrogens with one attached hydrogen (secondary N) is 1. The fraction of sp³-hybridized carbons (Fsp3) is 0.440. The molecule has 0 aliphatic rings. The predicted molar refractivity (Wildman–Crippen MR) is 137 cm³/mol. The standard InChI is InChI=1S/C25H34ClN3O4S/c1-6-13-27-25(31)22(7-2)28(16-20-10-8-9-18(3)14-20)24(30)17-29(34(5,32)33)23-12-11-21(26)15-19(23)4/h8-12,14-15,22H,6-7,13,16-17H2,1-5H3,(H,27,31)/t22-/m0/s1. The number of halogens is 1. The number of sulfonamides is 1. The molecule has 0 fully saturated rings. The summed E-state index contributed by atoms with van der Waals surface area (Å²) < 4.78 is 26.4. The van der Waals surface area contributed by atoms with Crippen LogP contribution in [0.15, 0.2) is 42.5 Å². The van der Waals surface area contributed by atoms with Crippen molar-refractivity contribution >= 4 is 39.1 Å². The molecule has 186 valence electrons. The molecule has 1 N–H and O–H groups in total. The van der Waals surface area contributed by atoms with Gasteiger partial charge < -0.3 is 10.2 Å². The Balaban J connectivity index is 2.45. The van der Waals surface area contributed by atoms with Crippen molar-refractivity contribution in [2.75, 3.05) is 23.7 Å². The van der Waals surface area contributed by atoms with E-state index >= 15 is 0 Å². The lowest BCUT2D eigenvalue weighted by molar-refractivity contribution is -0.140. The lowest BCUT2D eigenvalue weighted by Crippen LogP contribution is -2.52. The van der Waals surface area contributed by atoms with E-state index < -0.39 is 28.5 Å². The van der Waals surface area contributed by atoms with Gasteiger partial charge >= 0.3 is 0 Å². The fourth-order valence-electron chi connectivity index (χ4n) is 3.79. The van der Waals surface area contributed by atoms with Crippen molar-refractivity contribution in [1.82, 2.24) is 10.2 Å². The first kappa shape index (κ1) is 27.7. The van der Waals surface area contributed by atoms with Gasteiger partial charge in [0.15, 0.2) is 0 Å². The molecule has 1 atom stereocenters. The monoisotopic (exact) mass is 507 g/mol. The van der Waals surface area contributed by atoms with E-state index in [0.29, 0.717) is 29.2 Å². The minimum Gasteiger partial charge on any atom is -0.354 e. The Kier molecular flexibility index (Phi) is 9.94. The summed E-state index contributed by atoms with van der Waals surface area (Å²) in [6.45, 7) is 7.75. The van der Waals surface area contributed by atoms with Gasteiger partial charge in [0.1, 0.15) is 12.6 Å². The molecule has 2 aromatic carbocycles. The summed E-state index contributed by atoms with van der Waals surface area (Å²) in [6.07, 6.45) is 2.22. The molecule has 9 heteroatoms. The minimum atomic E-state index is -3.79. The van der Waals surface area contributed by atoms with Crippen LogP contribution in [0.5, 0.6) is 0 Å². The number of rotatable bonds is 11. The highest BCUT2D eigenvalue weighted by atomic mass is 35.5. The second-order valence-electron chi connectivity index (χ2n) is 8.43.